The standard InChI is InChI=1S/C22H29N5O3/c1-14(2)21-23-15(3)11-20(25-21)27-9-7-26(8-10-27)16(4)22(28)24-17-5-6-18-19(12-17)30-13-29-18/h5-6,11-12,14,16H,7-10,13H2,1-4H3,(H,24,28). The molecular formula is C22H29N5O3. The van der Waals surface area contributed by atoms with Gasteiger partial charge in [0, 0.05) is 55.6 Å². The summed E-state index contributed by atoms with van der Waals surface area (Å²) in [6.07, 6.45) is 0. The first-order valence-corrected chi connectivity index (χ1v) is 10.5. The van der Waals surface area contributed by atoms with Crippen LogP contribution in [0.2, 0.25) is 0 Å². The number of fused-ring (bicyclic) bond motifs is 1. The SMILES string of the molecule is Cc1cc(N2CCN(C(C)C(=O)Nc3ccc4c(c3)OCO4)CC2)nc(C(C)C)n1. The largest absolute Gasteiger partial charge is 0.454 e. The van der Waals surface area contributed by atoms with Crippen LogP contribution in [-0.2, 0) is 4.79 Å². The van der Waals surface area contributed by atoms with Crippen LogP contribution in [0.1, 0.15) is 38.2 Å². The molecule has 0 spiro atoms. The van der Waals surface area contributed by atoms with Gasteiger partial charge in [-0.2, -0.15) is 0 Å². The molecule has 1 saturated heterocycles. The second-order valence-electron chi connectivity index (χ2n) is 8.14. The lowest BCUT2D eigenvalue weighted by Crippen LogP contribution is -2.53. The topological polar surface area (TPSA) is 79.8 Å². The third kappa shape index (κ3) is 4.33. The summed E-state index contributed by atoms with van der Waals surface area (Å²) in [7, 11) is 0. The highest BCUT2D eigenvalue weighted by Crippen LogP contribution is 2.34. The number of hydrogen-bond acceptors (Lipinski definition) is 7. The van der Waals surface area contributed by atoms with Crippen molar-refractivity contribution in [2.45, 2.75) is 39.7 Å². The fourth-order valence-corrected chi connectivity index (χ4v) is 3.72. The Morgan fingerprint density at radius 3 is 2.50 bits per heavy atom. The first kappa shape index (κ1) is 20.4. The zero-order valence-corrected chi connectivity index (χ0v) is 18.0. The van der Waals surface area contributed by atoms with Crippen molar-refractivity contribution >= 4 is 17.4 Å². The highest BCUT2D eigenvalue weighted by molar-refractivity contribution is 5.94. The van der Waals surface area contributed by atoms with Crippen LogP contribution in [0.15, 0.2) is 24.3 Å². The molecule has 4 rings (SSSR count). The van der Waals surface area contributed by atoms with Crippen LogP contribution >= 0.6 is 0 Å². The highest BCUT2D eigenvalue weighted by atomic mass is 16.7. The molecule has 8 nitrogen and oxygen atoms in total. The van der Waals surface area contributed by atoms with Crippen LogP contribution in [0, 0.1) is 6.92 Å². The van der Waals surface area contributed by atoms with Crippen LogP contribution < -0.4 is 19.7 Å². The zero-order valence-electron chi connectivity index (χ0n) is 18.0. The second kappa shape index (κ2) is 8.47. The fourth-order valence-electron chi connectivity index (χ4n) is 3.72. The van der Waals surface area contributed by atoms with Crippen molar-refractivity contribution < 1.29 is 14.3 Å². The molecule has 2 aliphatic heterocycles. The minimum Gasteiger partial charge on any atom is -0.454 e. The number of aromatic nitrogens is 2. The average molecular weight is 412 g/mol. The van der Waals surface area contributed by atoms with Gasteiger partial charge in [-0.25, -0.2) is 9.97 Å². The van der Waals surface area contributed by atoms with E-state index in [1.807, 2.05) is 32.0 Å². The average Bonchev–Trinajstić information content (AvgIpc) is 3.20. The molecule has 0 aliphatic carbocycles. The van der Waals surface area contributed by atoms with E-state index in [0.29, 0.717) is 23.1 Å². The Bertz CT molecular complexity index is 925. The molecule has 1 fully saturated rings. The first-order valence-electron chi connectivity index (χ1n) is 10.5. The van der Waals surface area contributed by atoms with Gasteiger partial charge in [-0.05, 0) is 26.0 Å². The number of ether oxygens (including phenoxy) is 2. The van der Waals surface area contributed by atoms with E-state index in [4.69, 9.17) is 14.5 Å². The molecule has 1 N–H and O–H groups in total. The number of carbonyl (C=O) groups is 1. The van der Waals surface area contributed by atoms with Crippen LogP contribution in [0.3, 0.4) is 0 Å². The number of hydrogen-bond donors (Lipinski definition) is 1. The van der Waals surface area contributed by atoms with Crippen LogP contribution in [-0.4, -0.2) is 59.8 Å². The van der Waals surface area contributed by atoms with E-state index >= 15 is 0 Å². The third-order valence-electron chi connectivity index (χ3n) is 5.58. The van der Waals surface area contributed by atoms with E-state index in [9.17, 15) is 4.79 Å². The predicted octanol–water partition coefficient (Wildman–Crippen LogP) is 2.79. The lowest BCUT2D eigenvalue weighted by atomic mass is 10.2. The molecule has 8 heteroatoms. The molecule has 2 aromatic rings. The Balaban J connectivity index is 1.35. The van der Waals surface area contributed by atoms with Crippen molar-refractivity contribution in [3.05, 3.63) is 35.8 Å². The first-order chi connectivity index (χ1) is 14.4. The second-order valence-corrected chi connectivity index (χ2v) is 8.14. The number of carbonyl (C=O) groups excluding carboxylic acids is 1. The van der Waals surface area contributed by atoms with Crippen molar-refractivity contribution in [3.8, 4) is 11.5 Å². The summed E-state index contributed by atoms with van der Waals surface area (Å²) >= 11 is 0. The molecule has 0 saturated carbocycles. The van der Waals surface area contributed by atoms with Gasteiger partial charge < -0.3 is 19.7 Å². The molecule has 2 aliphatic rings. The molecular weight excluding hydrogens is 382 g/mol. The Morgan fingerprint density at radius 1 is 1.03 bits per heavy atom. The predicted molar refractivity (Wildman–Crippen MR) is 115 cm³/mol. The van der Waals surface area contributed by atoms with Crippen molar-refractivity contribution in [1.29, 1.82) is 0 Å². The molecule has 30 heavy (non-hydrogen) atoms. The van der Waals surface area contributed by atoms with Gasteiger partial charge in [0.1, 0.15) is 11.6 Å². The lowest BCUT2D eigenvalue weighted by Gasteiger charge is -2.38. The van der Waals surface area contributed by atoms with Gasteiger partial charge in [-0.1, -0.05) is 13.8 Å². The van der Waals surface area contributed by atoms with Crippen LogP contribution in [0.5, 0.6) is 11.5 Å². The number of benzene rings is 1. The quantitative estimate of drug-likeness (QED) is 0.810. The van der Waals surface area contributed by atoms with Crippen molar-refractivity contribution in [1.82, 2.24) is 14.9 Å². The minimum absolute atomic E-state index is 0.0257. The van der Waals surface area contributed by atoms with Gasteiger partial charge in [0.2, 0.25) is 12.7 Å². The van der Waals surface area contributed by atoms with Crippen LogP contribution in [0.25, 0.3) is 0 Å². The molecule has 1 unspecified atom stereocenters. The molecule has 0 radical (unpaired) electrons. The van der Waals surface area contributed by atoms with E-state index in [0.717, 1.165) is 43.5 Å². The van der Waals surface area contributed by atoms with Crippen molar-refractivity contribution in [2.24, 2.45) is 0 Å². The molecule has 1 atom stereocenters. The maximum absolute atomic E-state index is 12.8. The molecule has 3 heterocycles. The monoisotopic (exact) mass is 411 g/mol. The van der Waals surface area contributed by atoms with Crippen molar-refractivity contribution in [2.75, 3.05) is 43.2 Å². The maximum atomic E-state index is 12.8. The van der Waals surface area contributed by atoms with Gasteiger partial charge in [0.25, 0.3) is 0 Å². The van der Waals surface area contributed by atoms with Gasteiger partial charge >= 0.3 is 0 Å². The normalized spacial score (nSPS) is 17.3. The Morgan fingerprint density at radius 2 is 1.77 bits per heavy atom. The number of piperazine rings is 1. The zero-order chi connectivity index (χ0) is 21.3. The summed E-state index contributed by atoms with van der Waals surface area (Å²) < 4.78 is 10.7. The van der Waals surface area contributed by atoms with Gasteiger partial charge in [0.05, 0.1) is 6.04 Å². The number of aryl methyl sites for hydroxylation is 1. The number of amides is 1. The number of anilines is 2. The number of nitrogens with one attached hydrogen (secondary N) is 1. The summed E-state index contributed by atoms with van der Waals surface area (Å²) in [5.74, 6) is 3.49. The highest BCUT2D eigenvalue weighted by Gasteiger charge is 2.27. The molecule has 1 aromatic carbocycles. The Hall–Kier alpha value is -2.87. The van der Waals surface area contributed by atoms with E-state index in [-0.39, 0.29) is 18.7 Å². The smallest absolute Gasteiger partial charge is 0.241 e. The molecule has 1 aromatic heterocycles. The third-order valence-corrected chi connectivity index (χ3v) is 5.58. The fraction of sp³-hybridized carbons (Fsp3) is 0.500. The molecule has 0 bridgehead atoms. The van der Waals surface area contributed by atoms with Crippen LogP contribution in [0.4, 0.5) is 11.5 Å². The minimum atomic E-state index is -0.226. The molecule has 1 amide bonds. The number of rotatable bonds is 5. The summed E-state index contributed by atoms with van der Waals surface area (Å²) in [4.78, 5) is 26.5. The Labute approximate surface area is 177 Å². The van der Waals surface area contributed by atoms with E-state index in [1.165, 1.54) is 0 Å². The van der Waals surface area contributed by atoms with Gasteiger partial charge in [0.15, 0.2) is 11.5 Å². The van der Waals surface area contributed by atoms with E-state index in [2.05, 4.69) is 33.9 Å². The summed E-state index contributed by atoms with van der Waals surface area (Å²) in [5.41, 5.74) is 1.70. The summed E-state index contributed by atoms with van der Waals surface area (Å²) in [6, 6.07) is 7.26. The van der Waals surface area contributed by atoms with Gasteiger partial charge in [-0.15, -0.1) is 0 Å². The van der Waals surface area contributed by atoms with Crippen molar-refractivity contribution in [3.63, 3.8) is 0 Å². The lowest BCUT2D eigenvalue weighted by molar-refractivity contribution is -0.120. The Kier molecular flexibility index (Phi) is 5.76. The van der Waals surface area contributed by atoms with Gasteiger partial charge in [-0.3, -0.25) is 9.69 Å². The summed E-state index contributed by atoms with van der Waals surface area (Å²) in [5, 5.41) is 2.99. The molecule has 160 valence electrons. The number of nitrogens with zero attached hydrogens (tertiary/aromatic N) is 4. The summed E-state index contributed by atoms with van der Waals surface area (Å²) in [6.45, 7) is 11.7. The van der Waals surface area contributed by atoms with E-state index in [1.54, 1.807) is 6.07 Å². The maximum Gasteiger partial charge on any atom is 0.241 e. The van der Waals surface area contributed by atoms with E-state index < -0.39 is 0 Å².